The average Bonchev–Trinajstić information content (AvgIpc) is 3.05. The standard InChI is InChI=1S/C18H16N4O3/c1-2-12-5-8-16-14(9-12)10-17(20-16)18(23)21-19-11-13-3-6-15(7-4-13)22(24)25/h3-11,20H,2H2,1H3,(H,21,23). The zero-order valence-electron chi connectivity index (χ0n) is 13.5. The summed E-state index contributed by atoms with van der Waals surface area (Å²) in [6.45, 7) is 2.08. The van der Waals surface area contributed by atoms with Gasteiger partial charge in [-0.25, -0.2) is 5.43 Å². The largest absolute Gasteiger partial charge is 0.350 e. The molecular formula is C18H16N4O3. The number of hydrogen-bond donors (Lipinski definition) is 2. The van der Waals surface area contributed by atoms with E-state index in [1.807, 2.05) is 18.2 Å². The lowest BCUT2D eigenvalue weighted by atomic mass is 10.1. The highest BCUT2D eigenvalue weighted by molar-refractivity contribution is 5.98. The number of nitrogens with zero attached hydrogens (tertiary/aromatic N) is 2. The van der Waals surface area contributed by atoms with E-state index in [1.165, 1.54) is 23.9 Å². The summed E-state index contributed by atoms with van der Waals surface area (Å²) in [5, 5.41) is 15.5. The molecule has 0 spiro atoms. The molecule has 0 aliphatic rings. The number of nitro groups is 1. The molecule has 1 amide bonds. The summed E-state index contributed by atoms with van der Waals surface area (Å²) in [5.41, 5.74) is 5.61. The number of non-ortho nitro benzene ring substituents is 1. The minimum Gasteiger partial charge on any atom is -0.350 e. The second kappa shape index (κ2) is 6.96. The van der Waals surface area contributed by atoms with E-state index in [2.05, 4.69) is 22.4 Å². The molecule has 0 atom stereocenters. The van der Waals surface area contributed by atoms with Gasteiger partial charge in [0.2, 0.25) is 0 Å². The highest BCUT2D eigenvalue weighted by Gasteiger charge is 2.09. The predicted molar refractivity (Wildman–Crippen MR) is 95.8 cm³/mol. The molecule has 0 aliphatic carbocycles. The SMILES string of the molecule is CCc1ccc2[nH]c(C(=O)NN=Cc3ccc([N+](=O)[O-])cc3)cc2c1. The van der Waals surface area contributed by atoms with E-state index in [0.717, 1.165) is 17.3 Å². The highest BCUT2D eigenvalue weighted by atomic mass is 16.6. The Morgan fingerprint density at radius 2 is 2.00 bits per heavy atom. The van der Waals surface area contributed by atoms with Gasteiger partial charge in [-0.1, -0.05) is 13.0 Å². The first-order valence-corrected chi connectivity index (χ1v) is 7.76. The Balaban J connectivity index is 1.68. The molecule has 126 valence electrons. The number of nitrogens with one attached hydrogen (secondary N) is 2. The zero-order chi connectivity index (χ0) is 17.8. The lowest BCUT2D eigenvalue weighted by Gasteiger charge is -1.96. The van der Waals surface area contributed by atoms with Crippen molar-refractivity contribution in [2.75, 3.05) is 0 Å². The molecule has 25 heavy (non-hydrogen) atoms. The van der Waals surface area contributed by atoms with E-state index in [0.29, 0.717) is 11.3 Å². The molecule has 3 rings (SSSR count). The molecule has 2 aromatic carbocycles. The van der Waals surface area contributed by atoms with E-state index < -0.39 is 4.92 Å². The van der Waals surface area contributed by atoms with Crippen LogP contribution in [0.3, 0.4) is 0 Å². The maximum Gasteiger partial charge on any atom is 0.287 e. The number of hydrazone groups is 1. The van der Waals surface area contributed by atoms with Crippen molar-refractivity contribution in [3.63, 3.8) is 0 Å². The Kier molecular flexibility index (Phi) is 4.56. The molecule has 0 saturated heterocycles. The molecule has 0 saturated carbocycles. The van der Waals surface area contributed by atoms with Crippen LogP contribution in [0.5, 0.6) is 0 Å². The van der Waals surface area contributed by atoms with Crippen molar-refractivity contribution in [3.05, 3.63) is 75.5 Å². The third-order valence-electron chi connectivity index (χ3n) is 3.82. The number of aromatic amines is 1. The van der Waals surface area contributed by atoms with Crippen LogP contribution in [-0.4, -0.2) is 22.0 Å². The number of fused-ring (bicyclic) bond motifs is 1. The van der Waals surface area contributed by atoms with E-state index in [-0.39, 0.29) is 11.6 Å². The minimum absolute atomic E-state index is 0.00529. The number of benzene rings is 2. The fourth-order valence-electron chi connectivity index (χ4n) is 2.43. The van der Waals surface area contributed by atoms with Crippen LogP contribution < -0.4 is 5.43 Å². The number of aromatic nitrogens is 1. The first-order chi connectivity index (χ1) is 12.1. The van der Waals surface area contributed by atoms with Gasteiger partial charge >= 0.3 is 0 Å². The number of amides is 1. The number of carbonyl (C=O) groups excluding carboxylic acids is 1. The number of hydrogen-bond acceptors (Lipinski definition) is 4. The normalized spacial score (nSPS) is 11.1. The molecule has 0 unspecified atom stereocenters. The summed E-state index contributed by atoms with van der Waals surface area (Å²) in [6, 6.07) is 13.7. The number of rotatable bonds is 5. The average molecular weight is 336 g/mol. The van der Waals surface area contributed by atoms with Crippen molar-refractivity contribution in [2.24, 2.45) is 5.10 Å². The smallest absolute Gasteiger partial charge is 0.287 e. The van der Waals surface area contributed by atoms with Gasteiger partial charge in [-0.3, -0.25) is 14.9 Å². The first-order valence-electron chi connectivity index (χ1n) is 7.76. The van der Waals surface area contributed by atoms with Crippen LogP contribution in [0.15, 0.2) is 53.6 Å². The lowest BCUT2D eigenvalue weighted by Crippen LogP contribution is -2.17. The molecular weight excluding hydrogens is 320 g/mol. The predicted octanol–water partition coefficient (Wildman–Crippen LogP) is 3.40. The topological polar surface area (TPSA) is 100 Å². The summed E-state index contributed by atoms with van der Waals surface area (Å²) in [5.74, 6) is -0.354. The second-order valence-electron chi connectivity index (χ2n) is 5.51. The Morgan fingerprint density at radius 1 is 1.24 bits per heavy atom. The Labute approximate surface area is 143 Å². The zero-order valence-corrected chi connectivity index (χ0v) is 13.5. The molecule has 2 N–H and O–H groups in total. The van der Waals surface area contributed by atoms with Crippen molar-refractivity contribution in [2.45, 2.75) is 13.3 Å². The molecule has 3 aromatic rings. The number of nitro benzene ring substituents is 1. The van der Waals surface area contributed by atoms with Gasteiger partial charge in [-0.05, 0) is 47.9 Å². The fourth-order valence-corrected chi connectivity index (χ4v) is 2.43. The Bertz CT molecular complexity index is 958. The monoisotopic (exact) mass is 336 g/mol. The van der Waals surface area contributed by atoms with Crippen molar-refractivity contribution < 1.29 is 9.72 Å². The fraction of sp³-hybridized carbons (Fsp3) is 0.111. The van der Waals surface area contributed by atoms with E-state index >= 15 is 0 Å². The molecule has 7 nitrogen and oxygen atoms in total. The Hall–Kier alpha value is -3.48. The van der Waals surface area contributed by atoms with E-state index in [9.17, 15) is 14.9 Å². The van der Waals surface area contributed by atoms with Gasteiger partial charge in [0.25, 0.3) is 11.6 Å². The second-order valence-corrected chi connectivity index (χ2v) is 5.51. The molecule has 1 aromatic heterocycles. The van der Waals surface area contributed by atoms with Gasteiger partial charge in [0.05, 0.1) is 11.1 Å². The quantitative estimate of drug-likeness (QED) is 0.424. The van der Waals surface area contributed by atoms with Crippen LogP contribution in [0.1, 0.15) is 28.5 Å². The third kappa shape index (κ3) is 3.72. The molecule has 0 radical (unpaired) electrons. The number of aryl methyl sites for hydroxylation is 1. The molecule has 1 heterocycles. The first kappa shape index (κ1) is 16.4. The molecule has 7 heteroatoms. The van der Waals surface area contributed by atoms with Gasteiger partial charge < -0.3 is 4.98 Å². The number of carbonyl (C=O) groups is 1. The Morgan fingerprint density at radius 3 is 2.68 bits per heavy atom. The summed E-state index contributed by atoms with van der Waals surface area (Å²) in [6.07, 6.45) is 2.36. The summed E-state index contributed by atoms with van der Waals surface area (Å²) in [7, 11) is 0. The van der Waals surface area contributed by atoms with Crippen LogP contribution in [0.2, 0.25) is 0 Å². The lowest BCUT2D eigenvalue weighted by molar-refractivity contribution is -0.384. The third-order valence-corrected chi connectivity index (χ3v) is 3.82. The van der Waals surface area contributed by atoms with E-state index in [1.54, 1.807) is 18.2 Å². The van der Waals surface area contributed by atoms with Gasteiger partial charge in [0.15, 0.2) is 0 Å². The highest BCUT2D eigenvalue weighted by Crippen LogP contribution is 2.17. The van der Waals surface area contributed by atoms with Gasteiger partial charge in [0, 0.05) is 23.0 Å². The van der Waals surface area contributed by atoms with Crippen LogP contribution in [0.4, 0.5) is 5.69 Å². The maximum atomic E-state index is 12.2. The van der Waals surface area contributed by atoms with Crippen molar-refractivity contribution in [3.8, 4) is 0 Å². The van der Waals surface area contributed by atoms with Crippen molar-refractivity contribution in [1.29, 1.82) is 0 Å². The summed E-state index contributed by atoms with van der Waals surface area (Å²) < 4.78 is 0. The molecule has 0 aliphatic heterocycles. The van der Waals surface area contributed by atoms with Crippen LogP contribution in [0.25, 0.3) is 10.9 Å². The number of H-pyrrole nitrogens is 1. The van der Waals surface area contributed by atoms with Gasteiger partial charge in [-0.2, -0.15) is 5.10 Å². The van der Waals surface area contributed by atoms with Crippen LogP contribution in [-0.2, 0) is 6.42 Å². The van der Waals surface area contributed by atoms with Crippen molar-refractivity contribution >= 4 is 28.7 Å². The van der Waals surface area contributed by atoms with Crippen LogP contribution >= 0.6 is 0 Å². The van der Waals surface area contributed by atoms with Gasteiger partial charge in [0.1, 0.15) is 5.69 Å². The molecule has 0 fully saturated rings. The minimum atomic E-state index is -0.470. The van der Waals surface area contributed by atoms with Gasteiger partial charge in [-0.15, -0.1) is 0 Å². The summed E-state index contributed by atoms with van der Waals surface area (Å²) in [4.78, 5) is 25.3. The summed E-state index contributed by atoms with van der Waals surface area (Å²) >= 11 is 0. The van der Waals surface area contributed by atoms with Crippen molar-refractivity contribution in [1.82, 2.24) is 10.4 Å². The van der Waals surface area contributed by atoms with E-state index in [4.69, 9.17) is 0 Å². The maximum absolute atomic E-state index is 12.2. The van der Waals surface area contributed by atoms with Crippen LogP contribution in [0, 0.1) is 10.1 Å². The molecule has 0 bridgehead atoms.